The molecular formula is C35H61N5O4. The molecule has 0 unspecified atom stereocenters. The predicted molar refractivity (Wildman–Crippen MR) is 176 cm³/mol. The highest BCUT2D eigenvalue weighted by molar-refractivity contribution is 5.97. The van der Waals surface area contributed by atoms with E-state index in [0.29, 0.717) is 18.5 Å². The van der Waals surface area contributed by atoms with E-state index in [-0.39, 0.29) is 53.7 Å². The molecule has 3 rings (SSSR count). The molecule has 3 saturated heterocycles. The third-order valence-electron chi connectivity index (χ3n) is 10.0. The van der Waals surface area contributed by atoms with Crippen LogP contribution in [-0.4, -0.2) is 106 Å². The van der Waals surface area contributed by atoms with Gasteiger partial charge in [0.1, 0.15) is 12.1 Å². The molecule has 3 heterocycles. The van der Waals surface area contributed by atoms with Crippen molar-refractivity contribution in [1.29, 1.82) is 0 Å². The molecule has 9 nitrogen and oxygen atoms in total. The largest absolute Gasteiger partial charge is 0.342 e. The zero-order chi connectivity index (χ0) is 32.9. The number of hydrogen-bond donors (Lipinski definition) is 1. The van der Waals surface area contributed by atoms with Gasteiger partial charge in [0.2, 0.25) is 23.6 Å². The van der Waals surface area contributed by atoms with Gasteiger partial charge in [-0.3, -0.25) is 24.1 Å². The zero-order valence-corrected chi connectivity index (χ0v) is 29.3. The molecule has 1 N–H and O–H groups in total. The summed E-state index contributed by atoms with van der Waals surface area (Å²) in [7, 11) is 1.77. The molecule has 0 aliphatic carbocycles. The molecule has 3 aliphatic heterocycles. The molecule has 0 aromatic rings. The average molecular weight is 616 g/mol. The van der Waals surface area contributed by atoms with Gasteiger partial charge in [-0.2, -0.15) is 0 Å². The van der Waals surface area contributed by atoms with Crippen molar-refractivity contribution < 1.29 is 19.2 Å². The first-order valence-electron chi connectivity index (χ1n) is 17.2. The Kier molecular flexibility index (Phi) is 12.5. The van der Waals surface area contributed by atoms with E-state index in [4.69, 9.17) is 0 Å². The first kappa shape index (κ1) is 36.1. The first-order valence-corrected chi connectivity index (χ1v) is 17.2. The Morgan fingerprint density at radius 2 is 1.43 bits per heavy atom. The standard InChI is InChI=1S/C35H61N5O4/c1-23(2)29(22-25(5)32(42)40-21-15-18-28(40)33(43)39-20-13-11-16-26(39)6)37(10)34(44)30(35(7,8)9)36-31(41)27-17-12-14-19-38(27)24(3)4/h22-24,26-30H,11-21H2,1-10H3,(H,36,41)/b25-22+/t26-,27-,28+,29-,30-/m1/s1. The molecule has 0 spiro atoms. The van der Waals surface area contributed by atoms with Crippen LogP contribution in [-0.2, 0) is 19.2 Å². The number of nitrogens with one attached hydrogen (secondary N) is 1. The molecule has 4 amide bonds. The Bertz CT molecular complexity index is 1060. The Morgan fingerprint density at radius 3 is 2.02 bits per heavy atom. The third-order valence-corrected chi connectivity index (χ3v) is 10.0. The summed E-state index contributed by atoms with van der Waals surface area (Å²) in [6, 6.07) is -1.27. The second kappa shape index (κ2) is 15.2. The molecule has 250 valence electrons. The fraction of sp³-hybridized carbons (Fsp3) is 0.829. The van der Waals surface area contributed by atoms with Gasteiger partial charge in [0.25, 0.3) is 0 Å². The molecule has 0 aromatic carbocycles. The minimum atomic E-state index is -0.714. The summed E-state index contributed by atoms with van der Waals surface area (Å²) >= 11 is 0. The van der Waals surface area contributed by atoms with E-state index in [1.54, 1.807) is 23.8 Å². The maximum atomic E-state index is 14.1. The van der Waals surface area contributed by atoms with Crippen molar-refractivity contribution in [3.05, 3.63) is 11.6 Å². The van der Waals surface area contributed by atoms with Gasteiger partial charge in [0, 0.05) is 37.8 Å². The third kappa shape index (κ3) is 8.43. The van der Waals surface area contributed by atoms with Crippen molar-refractivity contribution in [1.82, 2.24) is 24.9 Å². The van der Waals surface area contributed by atoms with Crippen LogP contribution in [0.25, 0.3) is 0 Å². The molecule has 0 saturated carbocycles. The van der Waals surface area contributed by atoms with Crippen LogP contribution in [0, 0.1) is 11.3 Å². The van der Waals surface area contributed by atoms with Crippen molar-refractivity contribution in [2.24, 2.45) is 11.3 Å². The van der Waals surface area contributed by atoms with Gasteiger partial charge in [-0.05, 0) is 90.5 Å². The number of likely N-dealkylation sites (tertiary alicyclic amines) is 3. The molecule has 5 atom stereocenters. The maximum Gasteiger partial charge on any atom is 0.249 e. The lowest BCUT2D eigenvalue weighted by Crippen LogP contribution is -2.60. The Hall–Kier alpha value is -2.42. The smallest absolute Gasteiger partial charge is 0.249 e. The number of likely N-dealkylation sites (N-methyl/N-ethyl adjacent to an activating group) is 1. The molecule has 9 heteroatoms. The number of carbonyl (C=O) groups excluding carboxylic acids is 4. The number of piperidine rings is 2. The molecule has 0 aromatic heterocycles. The fourth-order valence-electron chi connectivity index (χ4n) is 7.28. The Balaban J connectivity index is 1.78. The number of carbonyl (C=O) groups is 4. The van der Waals surface area contributed by atoms with Gasteiger partial charge in [-0.1, -0.05) is 47.1 Å². The number of nitrogens with zero attached hydrogens (tertiary/aromatic N) is 4. The van der Waals surface area contributed by atoms with Crippen LogP contribution in [0.4, 0.5) is 0 Å². The summed E-state index contributed by atoms with van der Waals surface area (Å²) in [5.41, 5.74) is 0.0317. The van der Waals surface area contributed by atoms with Crippen molar-refractivity contribution in [3.8, 4) is 0 Å². The lowest BCUT2D eigenvalue weighted by molar-refractivity contribution is -0.144. The minimum absolute atomic E-state index is 0.0306. The van der Waals surface area contributed by atoms with Crippen molar-refractivity contribution in [3.63, 3.8) is 0 Å². The molecule has 3 fully saturated rings. The van der Waals surface area contributed by atoms with Gasteiger partial charge in [0.15, 0.2) is 0 Å². The molecule has 0 bridgehead atoms. The van der Waals surface area contributed by atoms with Crippen LogP contribution in [0.1, 0.15) is 114 Å². The van der Waals surface area contributed by atoms with E-state index in [1.807, 2.05) is 45.6 Å². The minimum Gasteiger partial charge on any atom is -0.342 e. The van der Waals surface area contributed by atoms with Crippen LogP contribution < -0.4 is 5.32 Å². The number of hydrogen-bond acceptors (Lipinski definition) is 5. The molecule has 44 heavy (non-hydrogen) atoms. The topological polar surface area (TPSA) is 93.3 Å². The van der Waals surface area contributed by atoms with Crippen LogP contribution in [0.3, 0.4) is 0 Å². The summed E-state index contributed by atoms with van der Waals surface area (Å²) in [6.45, 7) is 20.4. The summed E-state index contributed by atoms with van der Waals surface area (Å²) in [5.74, 6) is -0.287. The van der Waals surface area contributed by atoms with Crippen LogP contribution in [0.5, 0.6) is 0 Å². The van der Waals surface area contributed by atoms with Gasteiger partial charge in [-0.25, -0.2) is 0 Å². The van der Waals surface area contributed by atoms with E-state index in [1.165, 1.54) is 0 Å². The zero-order valence-electron chi connectivity index (χ0n) is 29.3. The molecular weight excluding hydrogens is 554 g/mol. The SMILES string of the molecule is C/C(=C\[C@H](C(C)C)N(C)C(=O)[C@@H](NC(=O)[C@H]1CCCCN1C(C)C)C(C)(C)C)C(=O)N1CCC[C@H]1C(=O)N1CCCC[C@H]1C. The van der Waals surface area contributed by atoms with Gasteiger partial charge in [-0.15, -0.1) is 0 Å². The van der Waals surface area contributed by atoms with E-state index in [0.717, 1.165) is 58.0 Å². The van der Waals surface area contributed by atoms with Gasteiger partial charge in [0.05, 0.1) is 12.1 Å². The summed E-state index contributed by atoms with van der Waals surface area (Å²) < 4.78 is 0. The average Bonchev–Trinajstić information content (AvgIpc) is 3.46. The Morgan fingerprint density at radius 1 is 0.841 bits per heavy atom. The monoisotopic (exact) mass is 615 g/mol. The summed E-state index contributed by atoms with van der Waals surface area (Å²) in [6.07, 6.45) is 9.42. The predicted octanol–water partition coefficient (Wildman–Crippen LogP) is 4.60. The van der Waals surface area contributed by atoms with E-state index >= 15 is 0 Å². The fourth-order valence-corrected chi connectivity index (χ4v) is 7.28. The highest BCUT2D eigenvalue weighted by Gasteiger charge is 2.41. The second-order valence-corrected chi connectivity index (χ2v) is 15.2. The van der Waals surface area contributed by atoms with Crippen LogP contribution in [0.2, 0.25) is 0 Å². The van der Waals surface area contributed by atoms with E-state index in [2.05, 4.69) is 31.0 Å². The number of rotatable bonds is 9. The van der Waals surface area contributed by atoms with Gasteiger partial charge < -0.3 is 20.0 Å². The lowest BCUT2D eigenvalue weighted by Gasteiger charge is -2.41. The van der Waals surface area contributed by atoms with Crippen molar-refractivity contribution in [2.75, 3.05) is 26.7 Å². The second-order valence-electron chi connectivity index (χ2n) is 15.2. The molecule has 0 radical (unpaired) electrons. The number of amides is 4. The summed E-state index contributed by atoms with van der Waals surface area (Å²) in [5, 5.41) is 3.15. The lowest BCUT2D eigenvalue weighted by atomic mass is 9.84. The maximum absolute atomic E-state index is 14.1. The molecule has 3 aliphatic rings. The van der Waals surface area contributed by atoms with E-state index in [9.17, 15) is 19.2 Å². The summed E-state index contributed by atoms with van der Waals surface area (Å²) in [4.78, 5) is 62.7. The van der Waals surface area contributed by atoms with Crippen LogP contribution in [0.15, 0.2) is 11.6 Å². The van der Waals surface area contributed by atoms with Gasteiger partial charge >= 0.3 is 0 Å². The highest BCUT2D eigenvalue weighted by atomic mass is 16.2. The van der Waals surface area contributed by atoms with Crippen molar-refractivity contribution >= 4 is 23.6 Å². The van der Waals surface area contributed by atoms with Crippen molar-refractivity contribution in [2.45, 2.75) is 150 Å². The Labute approximate surface area is 267 Å². The quantitative estimate of drug-likeness (QED) is 0.383. The normalized spacial score (nSPS) is 25.3. The van der Waals surface area contributed by atoms with Crippen LogP contribution >= 0.6 is 0 Å². The highest BCUT2D eigenvalue weighted by Crippen LogP contribution is 2.28. The van der Waals surface area contributed by atoms with E-state index < -0.39 is 17.5 Å². The first-order chi connectivity index (χ1) is 20.6.